The van der Waals surface area contributed by atoms with Crippen molar-refractivity contribution in [2.75, 3.05) is 0 Å². The lowest BCUT2D eigenvalue weighted by atomic mass is 9.52. The zero-order chi connectivity index (χ0) is 21.9. The second-order valence-electron chi connectivity index (χ2n) is 11.2. The van der Waals surface area contributed by atoms with Crippen LogP contribution in [0.2, 0.25) is 0 Å². The molecular weight excluding hydrogens is 376 g/mol. The summed E-state index contributed by atoms with van der Waals surface area (Å²) in [7, 11) is 0. The quantitative estimate of drug-likeness (QED) is 0.500. The van der Waals surface area contributed by atoms with E-state index in [0.717, 1.165) is 50.5 Å². The Hall–Kier alpha value is -1.39. The highest BCUT2D eigenvalue weighted by Gasteiger charge is 2.56. The molecule has 0 amide bonds. The molecule has 0 heterocycles. The molecule has 30 heavy (non-hydrogen) atoms. The van der Waals surface area contributed by atoms with Crippen molar-refractivity contribution < 1.29 is 19.7 Å². The minimum atomic E-state index is -1.33. The van der Waals surface area contributed by atoms with Crippen molar-refractivity contribution in [3.8, 4) is 0 Å². The molecule has 4 heteroatoms. The molecule has 166 valence electrons. The van der Waals surface area contributed by atoms with E-state index in [4.69, 9.17) is 4.74 Å². The number of fused-ring (bicyclic) bond motifs is 4. The molecule has 4 nitrogen and oxygen atoms in total. The van der Waals surface area contributed by atoms with Gasteiger partial charge in [0.2, 0.25) is 0 Å². The third-order valence-corrected chi connectivity index (χ3v) is 8.58. The molecule has 1 fully saturated rings. The van der Waals surface area contributed by atoms with Crippen molar-refractivity contribution in [3.05, 3.63) is 34.9 Å². The predicted octanol–water partition coefficient (Wildman–Crippen LogP) is 5.06. The normalized spacial score (nSPS) is 36.7. The molecule has 1 saturated carbocycles. The number of aliphatic hydroxyl groups excluding tert-OH is 1. The maximum atomic E-state index is 12.5. The molecule has 4 rings (SSSR count). The maximum absolute atomic E-state index is 12.5. The zero-order valence-electron chi connectivity index (χ0n) is 19.2. The highest BCUT2D eigenvalue weighted by Crippen LogP contribution is 2.63. The van der Waals surface area contributed by atoms with Crippen LogP contribution in [-0.2, 0) is 9.53 Å². The van der Waals surface area contributed by atoms with Crippen molar-refractivity contribution in [1.29, 1.82) is 0 Å². The fourth-order valence-electron chi connectivity index (χ4n) is 6.90. The Morgan fingerprint density at radius 1 is 1.20 bits per heavy atom. The van der Waals surface area contributed by atoms with E-state index in [1.165, 1.54) is 11.1 Å². The van der Waals surface area contributed by atoms with Crippen LogP contribution in [0.25, 0.3) is 0 Å². The molecule has 5 atom stereocenters. The van der Waals surface area contributed by atoms with Gasteiger partial charge in [-0.1, -0.05) is 30.7 Å². The largest absolute Gasteiger partial charge is 0.462 e. The molecule has 0 radical (unpaired) electrons. The van der Waals surface area contributed by atoms with E-state index in [-0.39, 0.29) is 23.4 Å². The summed E-state index contributed by atoms with van der Waals surface area (Å²) < 4.78 is 5.92. The van der Waals surface area contributed by atoms with Gasteiger partial charge >= 0.3 is 5.97 Å². The van der Waals surface area contributed by atoms with Crippen molar-refractivity contribution in [3.63, 3.8) is 0 Å². The third kappa shape index (κ3) is 3.14. The lowest BCUT2D eigenvalue weighted by Gasteiger charge is -2.53. The Labute approximate surface area is 181 Å². The second-order valence-corrected chi connectivity index (χ2v) is 11.2. The number of aliphatic hydroxyl groups is 2. The van der Waals surface area contributed by atoms with E-state index in [0.29, 0.717) is 5.92 Å². The summed E-state index contributed by atoms with van der Waals surface area (Å²) in [6, 6.07) is 0. The van der Waals surface area contributed by atoms with Gasteiger partial charge in [0.25, 0.3) is 0 Å². The molecular formula is C26H38O4. The smallest absolute Gasteiger partial charge is 0.311 e. The molecule has 0 aliphatic heterocycles. The van der Waals surface area contributed by atoms with E-state index in [2.05, 4.69) is 32.1 Å². The summed E-state index contributed by atoms with van der Waals surface area (Å²) in [6.07, 6.45) is 12.0. The number of carbonyl (C=O) groups is 1. The third-order valence-electron chi connectivity index (χ3n) is 8.58. The Morgan fingerprint density at radius 3 is 2.60 bits per heavy atom. The topological polar surface area (TPSA) is 66.8 Å². The molecule has 0 aromatic heterocycles. The molecule has 0 bridgehead atoms. The van der Waals surface area contributed by atoms with Crippen LogP contribution in [0.5, 0.6) is 0 Å². The van der Waals surface area contributed by atoms with Crippen molar-refractivity contribution in [2.24, 2.45) is 28.1 Å². The molecule has 0 saturated heterocycles. The average molecular weight is 415 g/mol. The minimum absolute atomic E-state index is 0.00520. The molecule has 4 aliphatic carbocycles. The van der Waals surface area contributed by atoms with E-state index in [9.17, 15) is 15.0 Å². The first-order valence-corrected chi connectivity index (χ1v) is 11.7. The van der Waals surface area contributed by atoms with Crippen LogP contribution in [-0.4, -0.2) is 28.6 Å². The SMILES string of the molecule is CC(OC(=O)C(C)(C)C)[C@H]1CCC2=C3C=CC4=CCCC[C@]4(C(O)O)[C@H]3CC[C@@]21C. The number of hydrogen-bond donors (Lipinski definition) is 2. The molecule has 1 unspecified atom stereocenters. The molecule has 4 aliphatic rings. The summed E-state index contributed by atoms with van der Waals surface area (Å²) in [5.41, 5.74) is 2.86. The minimum Gasteiger partial charge on any atom is -0.462 e. The van der Waals surface area contributed by atoms with Crippen LogP contribution in [0, 0.1) is 28.1 Å². The van der Waals surface area contributed by atoms with Gasteiger partial charge in [-0.3, -0.25) is 4.79 Å². The summed E-state index contributed by atoms with van der Waals surface area (Å²) in [4.78, 5) is 12.5. The van der Waals surface area contributed by atoms with Crippen LogP contribution < -0.4 is 0 Å². The van der Waals surface area contributed by atoms with Crippen LogP contribution in [0.1, 0.15) is 79.6 Å². The van der Waals surface area contributed by atoms with E-state index in [1.807, 2.05) is 20.8 Å². The van der Waals surface area contributed by atoms with Crippen LogP contribution >= 0.6 is 0 Å². The first-order chi connectivity index (χ1) is 14.0. The molecule has 0 aromatic carbocycles. The number of esters is 1. The van der Waals surface area contributed by atoms with Crippen LogP contribution in [0.4, 0.5) is 0 Å². The van der Waals surface area contributed by atoms with Gasteiger partial charge in [-0.2, -0.15) is 0 Å². The van der Waals surface area contributed by atoms with Gasteiger partial charge in [0.05, 0.1) is 10.8 Å². The van der Waals surface area contributed by atoms with Crippen molar-refractivity contribution >= 4 is 5.97 Å². The molecule has 2 N–H and O–H groups in total. The fourth-order valence-corrected chi connectivity index (χ4v) is 6.90. The predicted molar refractivity (Wildman–Crippen MR) is 117 cm³/mol. The molecule has 0 spiro atoms. The van der Waals surface area contributed by atoms with Gasteiger partial charge in [0, 0.05) is 5.92 Å². The highest BCUT2D eigenvalue weighted by molar-refractivity contribution is 5.75. The van der Waals surface area contributed by atoms with Gasteiger partial charge in [-0.05, 0) is 95.1 Å². The van der Waals surface area contributed by atoms with Crippen LogP contribution in [0.15, 0.2) is 34.9 Å². The summed E-state index contributed by atoms with van der Waals surface area (Å²) in [6.45, 7) is 10.1. The maximum Gasteiger partial charge on any atom is 0.311 e. The Balaban J connectivity index is 1.69. The Bertz CT molecular complexity index is 811. The average Bonchev–Trinajstić information content (AvgIpc) is 3.04. The zero-order valence-corrected chi connectivity index (χ0v) is 19.2. The van der Waals surface area contributed by atoms with Gasteiger partial charge < -0.3 is 14.9 Å². The second kappa shape index (κ2) is 7.34. The van der Waals surface area contributed by atoms with Gasteiger partial charge in [-0.15, -0.1) is 0 Å². The molecule has 0 aromatic rings. The van der Waals surface area contributed by atoms with Gasteiger partial charge in [-0.25, -0.2) is 0 Å². The number of hydrogen-bond acceptors (Lipinski definition) is 4. The fraction of sp³-hybridized carbons (Fsp3) is 0.731. The van der Waals surface area contributed by atoms with Crippen LogP contribution in [0.3, 0.4) is 0 Å². The number of allylic oxidation sites excluding steroid dienone is 5. The lowest BCUT2D eigenvalue weighted by molar-refractivity contribution is -0.162. The van der Waals surface area contributed by atoms with Crippen molar-refractivity contribution in [2.45, 2.75) is 92.0 Å². The number of rotatable bonds is 3. The number of carbonyl (C=O) groups excluding carboxylic acids is 1. The monoisotopic (exact) mass is 414 g/mol. The summed E-state index contributed by atoms with van der Waals surface area (Å²) in [5, 5.41) is 21.0. The Kier molecular flexibility index (Phi) is 5.34. The number of ether oxygens (including phenoxy) is 1. The van der Waals surface area contributed by atoms with E-state index >= 15 is 0 Å². The first-order valence-electron chi connectivity index (χ1n) is 11.7. The van der Waals surface area contributed by atoms with Gasteiger partial charge in [0.1, 0.15) is 6.10 Å². The first kappa shape index (κ1) is 21.8. The Morgan fingerprint density at radius 2 is 1.93 bits per heavy atom. The summed E-state index contributed by atoms with van der Waals surface area (Å²) in [5.74, 6) is 0.340. The standard InChI is InChI=1S/C26H38O4/c1-16(30-23(29)24(2,3)4)19-11-12-20-18-10-9-17-8-6-7-14-26(17,22(27)28)21(18)13-15-25(19,20)5/h8-10,16,19,21-22,27-28H,6-7,11-15H2,1-5H3/t16?,19-,21+,25-,26-/m1/s1. The van der Waals surface area contributed by atoms with Gasteiger partial charge in [0.15, 0.2) is 6.29 Å². The lowest BCUT2D eigenvalue weighted by Crippen LogP contribution is -2.49. The van der Waals surface area contributed by atoms with E-state index < -0.39 is 17.1 Å². The highest BCUT2D eigenvalue weighted by atomic mass is 16.5. The van der Waals surface area contributed by atoms with Crippen molar-refractivity contribution in [1.82, 2.24) is 0 Å². The van der Waals surface area contributed by atoms with E-state index in [1.54, 1.807) is 0 Å². The summed E-state index contributed by atoms with van der Waals surface area (Å²) >= 11 is 0.